The zero-order chi connectivity index (χ0) is 12.2. The topological polar surface area (TPSA) is 67.2 Å². The molecule has 3 aliphatic rings. The molecule has 5 heteroatoms. The highest BCUT2D eigenvalue weighted by molar-refractivity contribution is 5.26. The van der Waals surface area contributed by atoms with Crippen LogP contribution in [0.4, 0.5) is 0 Å². The van der Waals surface area contributed by atoms with Gasteiger partial charge in [-0.05, 0) is 18.8 Å². The number of ether oxygens (including phenoxy) is 1. The van der Waals surface area contributed by atoms with Gasteiger partial charge in [-0.3, -0.25) is 10.00 Å². The number of aromatic amines is 1. The quantitative estimate of drug-likeness (QED) is 0.795. The van der Waals surface area contributed by atoms with Crippen molar-refractivity contribution >= 4 is 0 Å². The lowest BCUT2D eigenvalue weighted by atomic mass is 9.70. The summed E-state index contributed by atoms with van der Waals surface area (Å²) in [5, 5.41) is 7.63. The molecule has 2 fully saturated rings. The van der Waals surface area contributed by atoms with Crippen molar-refractivity contribution < 1.29 is 4.74 Å². The molecule has 1 aliphatic carbocycles. The molecule has 0 radical (unpaired) electrons. The summed E-state index contributed by atoms with van der Waals surface area (Å²) < 4.78 is 5.53. The monoisotopic (exact) mass is 248 g/mol. The van der Waals surface area contributed by atoms with Crippen molar-refractivity contribution in [2.45, 2.75) is 38.0 Å². The first-order valence-corrected chi connectivity index (χ1v) is 6.88. The average Bonchev–Trinajstić information content (AvgIpc) is 2.86. The number of H-pyrrole nitrogens is 1. The number of nitrogens with zero attached hydrogens (tertiary/aromatic N) is 2. The second-order valence-corrected chi connectivity index (χ2v) is 6.07. The summed E-state index contributed by atoms with van der Waals surface area (Å²) in [6.45, 7) is 4.61. The van der Waals surface area contributed by atoms with Gasteiger partial charge in [-0.2, -0.15) is 5.10 Å². The van der Waals surface area contributed by atoms with Crippen LogP contribution in [0.2, 0.25) is 0 Å². The van der Waals surface area contributed by atoms with Crippen molar-refractivity contribution in [2.24, 2.45) is 11.7 Å². The van der Waals surface area contributed by atoms with Crippen LogP contribution in [0.25, 0.3) is 0 Å². The lowest BCUT2D eigenvalue weighted by Crippen LogP contribution is -2.54. The van der Waals surface area contributed by atoms with Crippen LogP contribution < -0.4 is 5.73 Å². The second kappa shape index (κ2) is 3.79. The molecule has 2 aliphatic heterocycles. The van der Waals surface area contributed by atoms with Crippen molar-refractivity contribution in [1.82, 2.24) is 15.1 Å². The molecule has 5 nitrogen and oxygen atoms in total. The van der Waals surface area contributed by atoms with E-state index >= 15 is 0 Å². The summed E-state index contributed by atoms with van der Waals surface area (Å²) in [5.41, 5.74) is 10.2. The molecule has 98 valence electrons. The smallest absolute Gasteiger partial charge is 0.0820 e. The van der Waals surface area contributed by atoms with E-state index in [0.29, 0.717) is 12.5 Å². The van der Waals surface area contributed by atoms with Gasteiger partial charge >= 0.3 is 0 Å². The molecule has 0 amide bonds. The first kappa shape index (κ1) is 11.0. The predicted molar refractivity (Wildman–Crippen MR) is 66.9 cm³/mol. The number of nitrogens with two attached hydrogens (primary N) is 1. The van der Waals surface area contributed by atoms with Gasteiger partial charge in [0.1, 0.15) is 0 Å². The van der Waals surface area contributed by atoms with E-state index in [1.165, 1.54) is 24.1 Å². The Morgan fingerprint density at radius 2 is 2.50 bits per heavy atom. The Bertz CT molecular complexity index is 472. The summed E-state index contributed by atoms with van der Waals surface area (Å²) in [5.74, 6) is 0.712. The summed E-state index contributed by atoms with van der Waals surface area (Å²) >= 11 is 0. The van der Waals surface area contributed by atoms with Crippen LogP contribution in [0, 0.1) is 5.92 Å². The van der Waals surface area contributed by atoms with Crippen molar-refractivity contribution in [2.75, 3.05) is 19.7 Å². The second-order valence-electron chi connectivity index (χ2n) is 6.07. The lowest BCUT2D eigenvalue weighted by Gasteiger charge is -2.40. The third-order valence-corrected chi connectivity index (χ3v) is 4.92. The first-order valence-electron chi connectivity index (χ1n) is 6.88. The number of nitrogens with one attached hydrogen (secondary N) is 1. The molecular formula is C13H20N4O. The maximum absolute atomic E-state index is 6.37. The third-order valence-electron chi connectivity index (χ3n) is 4.92. The van der Waals surface area contributed by atoms with Gasteiger partial charge in [-0.15, -0.1) is 0 Å². The Hall–Kier alpha value is -0.910. The molecular weight excluding hydrogens is 228 g/mol. The number of hydrogen-bond donors (Lipinski definition) is 2. The number of likely N-dealkylation sites (tertiary alicyclic amines) is 1. The first-order chi connectivity index (χ1) is 8.74. The van der Waals surface area contributed by atoms with Crippen molar-refractivity contribution in [1.29, 1.82) is 0 Å². The molecule has 0 aromatic carbocycles. The van der Waals surface area contributed by atoms with Gasteiger partial charge in [0, 0.05) is 42.9 Å². The molecule has 0 spiro atoms. The molecule has 4 rings (SSSR count). The van der Waals surface area contributed by atoms with E-state index in [4.69, 9.17) is 10.5 Å². The Labute approximate surface area is 107 Å². The maximum atomic E-state index is 6.37. The largest absolute Gasteiger partial charge is 0.376 e. The van der Waals surface area contributed by atoms with Gasteiger partial charge in [-0.1, -0.05) is 0 Å². The van der Waals surface area contributed by atoms with Crippen LogP contribution in [-0.2, 0) is 24.3 Å². The Morgan fingerprint density at radius 3 is 3.22 bits per heavy atom. The minimum absolute atomic E-state index is 0.104. The Balaban J connectivity index is 1.50. The fraction of sp³-hybridized carbons (Fsp3) is 0.769. The van der Waals surface area contributed by atoms with E-state index in [2.05, 4.69) is 15.1 Å². The van der Waals surface area contributed by atoms with Gasteiger partial charge < -0.3 is 10.5 Å². The highest BCUT2D eigenvalue weighted by atomic mass is 16.5. The Kier molecular flexibility index (Phi) is 2.31. The van der Waals surface area contributed by atoms with Gasteiger partial charge in [0.15, 0.2) is 0 Å². The fourth-order valence-corrected chi connectivity index (χ4v) is 3.63. The standard InChI is InChI=1S/C13H20N4O/c14-13-3-1-9(13)5-17(8-13)6-12-10-7-18-4-2-11(10)15-16-12/h9H,1-8,14H2,(H,15,16)/t9-,13-/m0/s1. The van der Waals surface area contributed by atoms with Crippen LogP contribution in [0.1, 0.15) is 29.8 Å². The number of hydrogen-bond acceptors (Lipinski definition) is 4. The van der Waals surface area contributed by atoms with Gasteiger partial charge in [0.2, 0.25) is 0 Å². The number of aromatic nitrogens is 2. The summed E-state index contributed by atoms with van der Waals surface area (Å²) in [6, 6.07) is 0. The van der Waals surface area contributed by atoms with Crippen LogP contribution in [0.5, 0.6) is 0 Å². The van der Waals surface area contributed by atoms with Crippen molar-refractivity contribution in [3.8, 4) is 0 Å². The molecule has 1 saturated heterocycles. The normalized spacial score (nSPS) is 35.1. The van der Waals surface area contributed by atoms with Crippen molar-refractivity contribution in [3.05, 3.63) is 17.0 Å². The summed E-state index contributed by atoms with van der Waals surface area (Å²) in [6.07, 6.45) is 3.45. The average molecular weight is 248 g/mol. The van der Waals surface area contributed by atoms with Gasteiger partial charge in [0.25, 0.3) is 0 Å². The molecule has 3 heterocycles. The number of fused-ring (bicyclic) bond motifs is 2. The maximum Gasteiger partial charge on any atom is 0.0820 e. The molecule has 1 aromatic rings. The molecule has 1 saturated carbocycles. The minimum atomic E-state index is 0.104. The van der Waals surface area contributed by atoms with E-state index in [1.807, 2.05) is 0 Å². The molecule has 1 aromatic heterocycles. The summed E-state index contributed by atoms with van der Waals surface area (Å²) in [4.78, 5) is 2.46. The van der Waals surface area contributed by atoms with Gasteiger partial charge in [0.05, 0.1) is 18.9 Å². The van der Waals surface area contributed by atoms with Crippen LogP contribution >= 0.6 is 0 Å². The molecule has 0 bridgehead atoms. The molecule has 3 N–H and O–H groups in total. The third kappa shape index (κ3) is 1.54. The van der Waals surface area contributed by atoms with E-state index < -0.39 is 0 Å². The van der Waals surface area contributed by atoms with E-state index in [0.717, 1.165) is 38.4 Å². The zero-order valence-corrected chi connectivity index (χ0v) is 10.6. The minimum Gasteiger partial charge on any atom is -0.376 e. The van der Waals surface area contributed by atoms with E-state index in [-0.39, 0.29) is 5.54 Å². The number of rotatable bonds is 2. The predicted octanol–water partition coefficient (Wildman–Crippen LogP) is 0.405. The molecule has 2 atom stereocenters. The lowest BCUT2D eigenvalue weighted by molar-refractivity contribution is 0.109. The highest BCUT2D eigenvalue weighted by Crippen LogP contribution is 2.42. The van der Waals surface area contributed by atoms with E-state index in [1.54, 1.807) is 0 Å². The van der Waals surface area contributed by atoms with Crippen LogP contribution in [0.15, 0.2) is 0 Å². The van der Waals surface area contributed by atoms with Gasteiger partial charge in [-0.25, -0.2) is 0 Å². The van der Waals surface area contributed by atoms with Crippen LogP contribution in [0.3, 0.4) is 0 Å². The van der Waals surface area contributed by atoms with E-state index in [9.17, 15) is 0 Å². The highest BCUT2D eigenvalue weighted by Gasteiger charge is 2.50. The fourth-order valence-electron chi connectivity index (χ4n) is 3.63. The SMILES string of the molecule is N[C@]12CC[C@H]1CN(Cc1n[nH]c3c1COCC3)C2. The van der Waals surface area contributed by atoms with Crippen LogP contribution in [-0.4, -0.2) is 40.3 Å². The Morgan fingerprint density at radius 1 is 1.56 bits per heavy atom. The summed E-state index contributed by atoms with van der Waals surface area (Å²) in [7, 11) is 0. The zero-order valence-electron chi connectivity index (χ0n) is 10.6. The molecule has 18 heavy (non-hydrogen) atoms. The van der Waals surface area contributed by atoms with Crippen molar-refractivity contribution in [3.63, 3.8) is 0 Å². The molecule has 0 unspecified atom stereocenters.